The molecular formula is C11H21NO3. The zero-order chi connectivity index (χ0) is 12.1. The van der Waals surface area contributed by atoms with E-state index in [-0.39, 0.29) is 11.9 Å². The molecule has 0 aliphatic heterocycles. The first-order valence-corrected chi connectivity index (χ1v) is 5.16. The van der Waals surface area contributed by atoms with E-state index >= 15 is 0 Å². The summed E-state index contributed by atoms with van der Waals surface area (Å²) >= 11 is 0. The van der Waals surface area contributed by atoms with Crippen LogP contribution < -0.4 is 0 Å². The topological polar surface area (TPSA) is 46.6 Å². The normalized spacial score (nSPS) is 11.0. The van der Waals surface area contributed by atoms with Crippen molar-refractivity contribution in [1.29, 1.82) is 0 Å². The standard InChI is InChI=1S/C11H21NO3/c1-9(13)7-6-8-12(5)10(14)15-11(2,3)4/h6-8H2,1-5H3. The quantitative estimate of drug-likeness (QED) is 0.722. The highest BCUT2D eigenvalue weighted by molar-refractivity contribution is 5.75. The number of rotatable bonds is 4. The van der Waals surface area contributed by atoms with Gasteiger partial charge in [-0.1, -0.05) is 0 Å². The minimum absolute atomic E-state index is 0.146. The Bertz CT molecular complexity index is 230. The summed E-state index contributed by atoms with van der Waals surface area (Å²) < 4.78 is 5.16. The molecule has 0 spiro atoms. The van der Waals surface area contributed by atoms with Crippen LogP contribution in [0.5, 0.6) is 0 Å². The van der Waals surface area contributed by atoms with E-state index in [9.17, 15) is 9.59 Å². The molecular weight excluding hydrogens is 194 g/mol. The van der Waals surface area contributed by atoms with Crippen LogP contribution in [-0.2, 0) is 9.53 Å². The molecule has 0 fully saturated rings. The Kier molecular flexibility index (Phi) is 5.33. The molecule has 0 aromatic carbocycles. The Hall–Kier alpha value is -1.06. The second kappa shape index (κ2) is 5.73. The van der Waals surface area contributed by atoms with E-state index in [1.807, 2.05) is 20.8 Å². The Morgan fingerprint density at radius 1 is 1.27 bits per heavy atom. The lowest BCUT2D eigenvalue weighted by atomic mass is 10.2. The Morgan fingerprint density at radius 3 is 2.20 bits per heavy atom. The molecule has 0 radical (unpaired) electrons. The maximum Gasteiger partial charge on any atom is 0.410 e. The number of carbonyl (C=O) groups excluding carboxylic acids is 2. The zero-order valence-corrected chi connectivity index (χ0v) is 10.3. The molecule has 0 aromatic heterocycles. The highest BCUT2D eigenvalue weighted by Crippen LogP contribution is 2.09. The summed E-state index contributed by atoms with van der Waals surface area (Å²) in [7, 11) is 1.67. The van der Waals surface area contributed by atoms with Gasteiger partial charge in [0.2, 0.25) is 0 Å². The second-order valence-corrected chi connectivity index (χ2v) is 4.71. The van der Waals surface area contributed by atoms with Gasteiger partial charge in [-0.05, 0) is 34.1 Å². The van der Waals surface area contributed by atoms with E-state index in [0.29, 0.717) is 19.4 Å². The smallest absolute Gasteiger partial charge is 0.410 e. The van der Waals surface area contributed by atoms with Gasteiger partial charge in [0, 0.05) is 20.0 Å². The van der Waals surface area contributed by atoms with Crippen LogP contribution in [0.4, 0.5) is 4.79 Å². The fourth-order valence-corrected chi connectivity index (χ4v) is 0.996. The zero-order valence-electron chi connectivity index (χ0n) is 10.3. The molecule has 0 aliphatic carbocycles. The Morgan fingerprint density at radius 2 is 1.80 bits per heavy atom. The third-order valence-corrected chi connectivity index (χ3v) is 1.73. The van der Waals surface area contributed by atoms with Crippen LogP contribution in [0.3, 0.4) is 0 Å². The van der Waals surface area contributed by atoms with E-state index in [2.05, 4.69) is 0 Å². The van der Waals surface area contributed by atoms with Crippen LogP contribution in [0.25, 0.3) is 0 Å². The molecule has 0 aromatic rings. The molecule has 1 amide bonds. The van der Waals surface area contributed by atoms with E-state index in [0.717, 1.165) is 0 Å². The highest BCUT2D eigenvalue weighted by atomic mass is 16.6. The van der Waals surface area contributed by atoms with E-state index in [1.165, 1.54) is 4.90 Å². The van der Waals surface area contributed by atoms with Gasteiger partial charge in [0.25, 0.3) is 0 Å². The first-order chi connectivity index (χ1) is 6.72. The molecule has 4 nitrogen and oxygen atoms in total. The van der Waals surface area contributed by atoms with Crippen molar-refractivity contribution in [1.82, 2.24) is 4.90 Å². The Balaban J connectivity index is 3.85. The van der Waals surface area contributed by atoms with Crippen molar-refractivity contribution in [2.75, 3.05) is 13.6 Å². The molecule has 15 heavy (non-hydrogen) atoms. The van der Waals surface area contributed by atoms with Crippen LogP contribution in [0.15, 0.2) is 0 Å². The van der Waals surface area contributed by atoms with Gasteiger partial charge in [-0.15, -0.1) is 0 Å². The highest BCUT2D eigenvalue weighted by Gasteiger charge is 2.19. The minimum Gasteiger partial charge on any atom is -0.444 e. The van der Waals surface area contributed by atoms with Gasteiger partial charge in [-0.3, -0.25) is 0 Å². The number of ketones is 1. The summed E-state index contributed by atoms with van der Waals surface area (Å²) in [6, 6.07) is 0. The lowest BCUT2D eigenvalue weighted by Crippen LogP contribution is -2.34. The molecule has 0 heterocycles. The van der Waals surface area contributed by atoms with Crippen LogP contribution in [0, 0.1) is 0 Å². The Labute approximate surface area is 91.6 Å². The van der Waals surface area contributed by atoms with Crippen LogP contribution in [0.2, 0.25) is 0 Å². The van der Waals surface area contributed by atoms with Gasteiger partial charge >= 0.3 is 6.09 Å². The van der Waals surface area contributed by atoms with Crippen molar-refractivity contribution < 1.29 is 14.3 Å². The predicted molar refractivity (Wildman–Crippen MR) is 58.8 cm³/mol. The number of hydrogen-bond donors (Lipinski definition) is 0. The van der Waals surface area contributed by atoms with E-state index < -0.39 is 5.60 Å². The van der Waals surface area contributed by atoms with Gasteiger partial charge in [0.1, 0.15) is 11.4 Å². The number of amides is 1. The summed E-state index contributed by atoms with van der Waals surface area (Å²) in [5, 5.41) is 0. The first-order valence-electron chi connectivity index (χ1n) is 5.16. The van der Waals surface area contributed by atoms with Crippen molar-refractivity contribution in [2.45, 2.75) is 46.1 Å². The largest absolute Gasteiger partial charge is 0.444 e. The van der Waals surface area contributed by atoms with Gasteiger partial charge in [-0.25, -0.2) is 4.79 Å². The van der Waals surface area contributed by atoms with Crippen molar-refractivity contribution in [3.8, 4) is 0 Å². The summed E-state index contributed by atoms with van der Waals surface area (Å²) in [6.07, 6.45) is 0.851. The molecule has 0 bridgehead atoms. The third kappa shape index (κ3) is 7.97. The summed E-state index contributed by atoms with van der Waals surface area (Å²) in [5.74, 6) is 0.146. The maximum absolute atomic E-state index is 11.5. The van der Waals surface area contributed by atoms with E-state index in [4.69, 9.17) is 4.74 Å². The average molecular weight is 215 g/mol. The fraction of sp³-hybridized carbons (Fsp3) is 0.818. The molecule has 4 heteroatoms. The van der Waals surface area contributed by atoms with Crippen LogP contribution >= 0.6 is 0 Å². The molecule has 0 atom stereocenters. The van der Waals surface area contributed by atoms with E-state index in [1.54, 1.807) is 14.0 Å². The van der Waals surface area contributed by atoms with Crippen LogP contribution in [-0.4, -0.2) is 36.0 Å². The number of carbonyl (C=O) groups is 2. The lowest BCUT2D eigenvalue weighted by molar-refractivity contribution is -0.117. The molecule has 0 unspecified atom stereocenters. The monoisotopic (exact) mass is 215 g/mol. The van der Waals surface area contributed by atoms with Gasteiger partial charge in [0.15, 0.2) is 0 Å². The number of Topliss-reactive ketones (excluding diaryl/α,β-unsaturated/α-hetero) is 1. The SMILES string of the molecule is CC(=O)CCCN(C)C(=O)OC(C)(C)C. The average Bonchev–Trinajstić information content (AvgIpc) is 1.99. The number of hydrogen-bond acceptors (Lipinski definition) is 3. The van der Waals surface area contributed by atoms with Crippen molar-refractivity contribution in [3.05, 3.63) is 0 Å². The molecule has 0 rings (SSSR count). The van der Waals surface area contributed by atoms with Crippen molar-refractivity contribution in [2.24, 2.45) is 0 Å². The summed E-state index contributed by atoms with van der Waals surface area (Å²) in [6.45, 7) is 7.58. The molecule has 0 saturated carbocycles. The molecule has 0 N–H and O–H groups in total. The van der Waals surface area contributed by atoms with Gasteiger partial charge < -0.3 is 14.4 Å². The van der Waals surface area contributed by atoms with Crippen LogP contribution in [0.1, 0.15) is 40.5 Å². The minimum atomic E-state index is -0.466. The number of nitrogens with zero attached hydrogens (tertiary/aromatic N) is 1. The molecule has 88 valence electrons. The van der Waals surface area contributed by atoms with Crippen molar-refractivity contribution in [3.63, 3.8) is 0 Å². The third-order valence-electron chi connectivity index (χ3n) is 1.73. The summed E-state index contributed by atoms with van der Waals surface area (Å²) in [4.78, 5) is 23.6. The fourth-order valence-electron chi connectivity index (χ4n) is 0.996. The predicted octanol–water partition coefficient (Wildman–Crippen LogP) is 2.22. The second-order valence-electron chi connectivity index (χ2n) is 4.71. The summed E-state index contributed by atoms with van der Waals surface area (Å²) in [5.41, 5.74) is -0.466. The number of ether oxygens (including phenoxy) is 1. The lowest BCUT2D eigenvalue weighted by Gasteiger charge is -2.24. The maximum atomic E-state index is 11.5. The van der Waals surface area contributed by atoms with Gasteiger partial charge in [0.05, 0.1) is 0 Å². The first kappa shape index (κ1) is 13.9. The molecule has 0 saturated heterocycles. The molecule has 0 aliphatic rings. The van der Waals surface area contributed by atoms with Crippen molar-refractivity contribution >= 4 is 11.9 Å². The van der Waals surface area contributed by atoms with Gasteiger partial charge in [-0.2, -0.15) is 0 Å².